The first-order valence-corrected chi connectivity index (χ1v) is 9.29. The number of aryl methyl sites for hydroxylation is 3. The minimum Gasteiger partial charge on any atom is -0.480 e. The molecule has 1 aliphatic rings. The summed E-state index contributed by atoms with van der Waals surface area (Å²) in [6.07, 6.45) is 2.20. The van der Waals surface area contributed by atoms with Crippen LogP contribution in [0.2, 0.25) is 0 Å². The van der Waals surface area contributed by atoms with E-state index in [1.54, 1.807) is 0 Å². The monoisotopic (exact) mass is 358 g/mol. The number of likely N-dealkylation sites (tertiary alicyclic amines) is 1. The van der Waals surface area contributed by atoms with Gasteiger partial charge in [-0.15, -0.1) is 11.3 Å². The highest BCUT2D eigenvalue weighted by atomic mass is 32.1. The Kier molecular flexibility index (Phi) is 4.90. The third-order valence-corrected chi connectivity index (χ3v) is 5.83. The van der Waals surface area contributed by atoms with E-state index >= 15 is 0 Å². The molecule has 0 bridgehead atoms. The van der Waals surface area contributed by atoms with Crippen molar-refractivity contribution >= 4 is 23.2 Å². The van der Waals surface area contributed by atoms with Crippen LogP contribution < -0.4 is 0 Å². The molecule has 0 radical (unpaired) electrons. The van der Waals surface area contributed by atoms with Gasteiger partial charge in [0, 0.05) is 12.1 Å². The fraction of sp³-hybridized carbons (Fsp3) is 0.421. The van der Waals surface area contributed by atoms with Crippen LogP contribution in [0.1, 0.15) is 45.8 Å². The minimum atomic E-state index is -0.926. The highest BCUT2D eigenvalue weighted by Crippen LogP contribution is 2.32. The van der Waals surface area contributed by atoms with Crippen LogP contribution in [0.15, 0.2) is 18.2 Å². The van der Waals surface area contributed by atoms with E-state index < -0.39 is 12.0 Å². The van der Waals surface area contributed by atoms with Crippen molar-refractivity contribution in [1.29, 1.82) is 0 Å². The maximum atomic E-state index is 13.0. The van der Waals surface area contributed by atoms with Crippen LogP contribution in [0, 0.1) is 20.8 Å². The van der Waals surface area contributed by atoms with Gasteiger partial charge in [-0.2, -0.15) is 0 Å². The van der Waals surface area contributed by atoms with Crippen molar-refractivity contribution in [1.82, 2.24) is 9.88 Å². The molecule has 5 nitrogen and oxygen atoms in total. The summed E-state index contributed by atoms with van der Waals surface area (Å²) in [6, 6.07) is 5.43. The third kappa shape index (κ3) is 3.44. The van der Waals surface area contributed by atoms with E-state index in [0.717, 1.165) is 29.0 Å². The Hall–Kier alpha value is -2.21. The Bertz CT molecular complexity index is 828. The molecule has 0 aliphatic carbocycles. The van der Waals surface area contributed by atoms with E-state index in [9.17, 15) is 14.7 Å². The number of rotatable bonds is 3. The lowest BCUT2D eigenvalue weighted by atomic mass is 10.0. The molecule has 6 heteroatoms. The van der Waals surface area contributed by atoms with Crippen LogP contribution in [0.4, 0.5) is 0 Å². The molecular weight excluding hydrogens is 336 g/mol. The molecule has 1 amide bonds. The van der Waals surface area contributed by atoms with Crippen molar-refractivity contribution in [3.63, 3.8) is 0 Å². The molecule has 1 aliphatic heterocycles. The van der Waals surface area contributed by atoms with E-state index in [-0.39, 0.29) is 5.91 Å². The van der Waals surface area contributed by atoms with E-state index in [2.05, 4.69) is 11.1 Å². The number of amides is 1. The topological polar surface area (TPSA) is 70.5 Å². The van der Waals surface area contributed by atoms with Crippen molar-refractivity contribution in [2.75, 3.05) is 6.54 Å². The molecule has 1 saturated heterocycles. The number of aromatic nitrogens is 1. The quantitative estimate of drug-likeness (QED) is 0.905. The predicted octanol–water partition coefficient (Wildman–Crippen LogP) is 3.81. The lowest BCUT2D eigenvalue weighted by Gasteiger charge is -2.32. The number of piperidine rings is 1. The SMILES string of the molecule is Cc1ccc(-c2nc(C)c(C(=O)N3CCCC[C@@H]3C(=O)O)s2)c(C)c1. The maximum absolute atomic E-state index is 13.0. The molecule has 1 N–H and O–H groups in total. The van der Waals surface area contributed by atoms with Crippen LogP contribution >= 0.6 is 11.3 Å². The lowest BCUT2D eigenvalue weighted by Crippen LogP contribution is -2.47. The Balaban J connectivity index is 1.94. The van der Waals surface area contributed by atoms with Gasteiger partial charge in [-0.05, 0) is 45.6 Å². The smallest absolute Gasteiger partial charge is 0.326 e. The number of nitrogens with zero attached hydrogens (tertiary/aromatic N) is 2. The number of hydrogen-bond donors (Lipinski definition) is 1. The van der Waals surface area contributed by atoms with Gasteiger partial charge in [-0.1, -0.05) is 23.8 Å². The summed E-state index contributed by atoms with van der Waals surface area (Å²) < 4.78 is 0. The zero-order chi connectivity index (χ0) is 18.1. The van der Waals surface area contributed by atoms with Gasteiger partial charge in [-0.25, -0.2) is 9.78 Å². The van der Waals surface area contributed by atoms with Crippen LogP contribution in [0.25, 0.3) is 10.6 Å². The predicted molar refractivity (Wildman–Crippen MR) is 98.1 cm³/mol. The summed E-state index contributed by atoms with van der Waals surface area (Å²) in [6.45, 7) is 6.38. The zero-order valence-corrected chi connectivity index (χ0v) is 15.5. The number of aliphatic carboxylic acids is 1. The molecule has 0 unspecified atom stereocenters. The Morgan fingerprint density at radius 3 is 2.68 bits per heavy atom. The first-order chi connectivity index (χ1) is 11.9. The van der Waals surface area contributed by atoms with Gasteiger partial charge in [0.25, 0.3) is 5.91 Å². The zero-order valence-electron chi connectivity index (χ0n) is 14.7. The number of carbonyl (C=O) groups excluding carboxylic acids is 1. The molecule has 132 valence electrons. The number of carboxylic acid groups (broad SMARTS) is 1. The molecule has 0 spiro atoms. The maximum Gasteiger partial charge on any atom is 0.326 e. The molecule has 1 fully saturated rings. The second-order valence-electron chi connectivity index (χ2n) is 6.60. The van der Waals surface area contributed by atoms with Gasteiger partial charge >= 0.3 is 5.97 Å². The van der Waals surface area contributed by atoms with Gasteiger partial charge in [0.15, 0.2) is 0 Å². The van der Waals surface area contributed by atoms with Gasteiger partial charge in [0.05, 0.1) is 5.69 Å². The second kappa shape index (κ2) is 6.96. The van der Waals surface area contributed by atoms with Gasteiger partial charge < -0.3 is 10.0 Å². The Labute approximate surface area is 151 Å². The van der Waals surface area contributed by atoms with Crippen molar-refractivity contribution in [3.8, 4) is 10.6 Å². The van der Waals surface area contributed by atoms with Crippen molar-refractivity contribution < 1.29 is 14.7 Å². The Morgan fingerprint density at radius 1 is 1.24 bits per heavy atom. The second-order valence-corrected chi connectivity index (χ2v) is 7.60. The molecule has 2 heterocycles. The number of benzene rings is 1. The van der Waals surface area contributed by atoms with Gasteiger partial charge in [0.1, 0.15) is 15.9 Å². The largest absolute Gasteiger partial charge is 0.480 e. The van der Waals surface area contributed by atoms with Crippen LogP contribution in [0.3, 0.4) is 0 Å². The fourth-order valence-electron chi connectivity index (χ4n) is 3.33. The standard InChI is InChI=1S/C19H22N2O3S/c1-11-7-8-14(12(2)10-11)17-20-13(3)16(25-17)18(22)21-9-5-4-6-15(21)19(23)24/h7-8,10,15H,4-6,9H2,1-3H3,(H,23,24)/t15-/m1/s1. The summed E-state index contributed by atoms with van der Waals surface area (Å²) in [5.74, 6) is -1.14. The highest BCUT2D eigenvalue weighted by Gasteiger charge is 2.34. The number of carboxylic acids is 1. The summed E-state index contributed by atoms with van der Waals surface area (Å²) in [7, 11) is 0. The minimum absolute atomic E-state index is 0.210. The number of thiazole rings is 1. The van der Waals surface area contributed by atoms with Crippen LogP contribution in [-0.2, 0) is 4.79 Å². The number of hydrogen-bond acceptors (Lipinski definition) is 4. The average molecular weight is 358 g/mol. The molecule has 25 heavy (non-hydrogen) atoms. The molecule has 2 aromatic rings. The first-order valence-electron chi connectivity index (χ1n) is 8.47. The Morgan fingerprint density at radius 2 is 2.00 bits per heavy atom. The molecule has 1 aromatic heterocycles. The third-order valence-electron chi connectivity index (χ3n) is 4.65. The summed E-state index contributed by atoms with van der Waals surface area (Å²) in [5, 5.41) is 10.2. The van der Waals surface area contributed by atoms with E-state index in [4.69, 9.17) is 0 Å². The van der Waals surface area contributed by atoms with Gasteiger partial charge in [-0.3, -0.25) is 4.79 Å². The van der Waals surface area contributed by atoms with Gasteiger partial charge in [0.2, 0.25) is 0 Å². The molecule has 3 rings (SSSR count). The summed E-state index contributed by atoms with van der Waals surface area (Å²) in [5.41, 5.74) is 3.99. The van der Waals surface area contributed by atoms with Crippen LogP contribution in [0.5, 0.6) is 0 Å². The van der Waals surface area contributed by atoms with Crippen LogP contribution in [-0.4, -0.2) is 39.5 Å². The first kappa shape index (κ1) is 17.6. The lowest BCUT2D eigenvalue weighted by molar-refractivity contribution is -0.143. The van der Waals surface area contributed by atoms with Crippen molar-refractivity contribution in [2.24, 2.45) is 0 Å². The van der Waals surface area contributed by atoms with Crippen molar-refractivity contribution in [2.45, 2.75) is 46.1 Å². The fourth-order valence-corrected chi connectivity index (χ4v) is 4.44. The molecule has 1 atom stereocenters. The van der Waals surface area contributed by atoms with E-state index in [1.807, 2.05) is 32.9 Å². The van der Waals surface area contributed by atoms with Crippen molar-refractivity contribution in [3.05, 3.63) is 39.9 Å². The average Bonchev–Trinajstić information content (AvgIpc) is 2.95. The normalized spacial score (nSPS) is 17.6. The summed E-state index contributed by atoms with van der Waals surface area (Å²) >= 11 is 1.35. The summed E-state index contributed by atoms with van der Waals surface area (Å²) in [4.78, 5) is 31.1. The van der Waals surface area contributed by atoms with E-state index in [1.165, 1.54) is 21.8 Å². The molecular formula is C19H22N2O3S. The molecule has 0 saturated carbocycles. The molecule has 1 aromatic carbocycles. The highest BCUT2D eigenvalue weighted by molar-refractivity contribution is 7.17. The number of carbonyl (C=O) groups is 2. The van der Waals surface area contributed by atoms with E-state index in [0.29, 0.717) is 23.5 Å².